The van der Waals surface area contributed by atoms with Gasteiger partial charge < -0.3 is 15.4 Å². The van der Waals surface area contributed by atoms with Gasteiger partial charge in [-0.1, -0.05) is 26.2 Å². The maximum Gasteiger partial charge on any atom is 0.234 e. The van der Waals surface area contributed by atoms with E-state index in [1.807, 2.05) is 0 Å². The number of methoxy groups -OCH3 is 1. The van der Waals surface area contributed by atoms with Gasteiger partial charge in [0.05, 0.1) is 13.2 Å². The van der Waals surface area contributed by atoms with E-state index in [4.69, 9.17) is 4.74 Å². The Bertz CT molecular complexity index is 221. The topological polar surface area (TPSA) is 50.4 Å². The van der Waals surface area contributed by atoms with Crippen LogP contribution in [0.2, 0.25) is 0 Å². The van der Waals surface area contributed by atoms with Crippen molar-refractivity contribution in [2.45, 2.75) is 45.1 Å². The Morgan fingerprint density at radius 3 is 2.94 bits per heavy atom. The van der Waals surface area contributed by atoms with Crippen LogP contribution in [0.5, 0.6) is 0 Å². The monoisotopic (exact) mass is 242 g/mol. The summed E-state index contributed by atoms with van der Waals surface area (Å²) in [5.41, 5.74) is 0. The summed E-state index contributed by atoms with van der Waals surface area (Å²) >= 11 is 0. The highest BCUT2D eigenvalue weighted by Crippen LogP contribution is 2.26. The molecule has 17 heavy (non-hydrogen) atoms. The van der Waals surface area contributed by atoms with E-state index >= 15 is 0 Å². The minimum absolute atomic E-state index is 0.114. The van der Waals surface area contributed by atoms with E-state index in [2.05, 4.69) is 17.6 Å². The smallest absolute Gasteiger partial charge is 0.234 e. The first-order chi connectivity index (χ1) is 8.26. The van der Waals surface area contributed by atoms with E-state index in [-0.39, 0.29) is 5.91 Å². The molecule has 0 aliphatic heterocycles. The molecule has 0 saturated heterocycles. The first-order valence-corrected chi connectivity index (χ1v) is 6.75. The predicted molar refractivity (Wildman–Crippen MR) is 68.9 cm³/mol. The van der Waals surface area contributed by atoms with Crippen LogP contribution in [0.25, 0.3) is 0 Å². The van der Waals surface area contributed by atoms with Crippen LogP contribution < -0.4 is 10.6 Å². The second kappa shape index (κ2) is 8.48. The van der Waals surface area contributed by atoms with Crippen molar-refractivity contribution >= 4 is 5.91 Å². The number of amides is 1. The van der Waals surface area contributed by atoms with Crippen LogP contribution in [-0.4, -0.2) is 38.8 Å². The SMILES string of the molecule is CCC1CCCC(NC(=O)CNCCOC)C1. The largest absolute Gasteiger partial charge is 0.383 e. The lowest BCUT2D eigenvalue weighted by molar-refractivity contribution is -0.121. The summed E-state index contributed by atoms with van der Waals surface area (Å²) in [6.07, 6.45) is 6.11. The van der Waals surface area contributed by atoms with Gasteiger partial charge in [0.15, 0.2) is 0 Å². The lowest BCUT2D eigenvalue weighted by Crippen LogP contribution is -2.43. The second-order valence-corrected chi connectivity index (χ2v) is 4.87. The number of ether oxygens (including phenoxy) is 1. The standard InChI is InChI=1S/C13H26N2O2/c1-3-11-5-4-6-12(9-11)15-13(16)10-14-7-8-17-2/h11-12,14H,3-10H2,1-2H3,(H,15,16). The molecule has 0 spiro atoms. The Morgan fingerprint density at radius 1 is 1.41 bits per heavy atom. The highest BCUT2D eigenvalue weighted by atomic mass is 16.5. The van der Waals surface area contributed by atoms with Crippen molar-refractivity contribution < 1.29 is 9.53 Å². The maximum atomic E-state index is 11.7. The van der Waals surface area contributed by atoms with Crippen LogP contribution >= 0.6 is 0 Å². The summed E-state index contributed by atoms with van der Waals surface area (Å²) in [7, 11) is 1.66. The van der Waals surface area contributed by atoms with Crippen molar-refractivity contribution in [2.24, 2.45) is 5.92 Å². The minimum Gasteiger partial charge on any atom is -0.383 e. The molecule has 2 unspecified atom stereocenters. The maximum absolute atomic E-state index is 11.7. The van der Waals surface area contributed by atoms with E-state index in [0.717, 1.165) is 25.3 Å². The minimum atomic E-state index is 0.114. The van der Waals surface area contributed by atoms with Crippen LogP contribution in [-0.2, 0) is 9.53 Å². The predicted octanol–water partition coefficient (Wildman–Crippen LogP) is 1.31. The van der Waals surface area contributed by atoms with Crippen LogP contribution in [0.15, 0.2) is 0 Å². The lowest BCUT2D eigenvalue weighted by Gasteiger charge is -2.29. The van der Waals surface area contributed by atoms with Crippen molar-refractivity contribution in [3.8, 4) is 0 Å². The average Bonchev–Trinajstić information content (AvgIpc) is 2.35. The summed E-state index contributed by atoms with van der Waals surface area (Å²) in [5, 5.41) is 6.18. The van der Waals surface area contributed by atoms with Gasteiger partial charge in [0, 0.05) is 19.7 Å². The summed E-state index contributed by atoms with van der Waals surface area (Å²) in [6.45, 7) is 4.01. The number of nitrogens with one attached hydrogen (secondary N) is 2. The quantitative estimate of drug-likeness (QED) is 0.662. The fourth-order valence-corrected chi connectivity index (χ4v) is 2.45. The van der Waals surface area contributed by atoms with Crippen molar-refractivity contribution in [3.05, 3.63) is 0 Å². The van der Waals surface area contributed by atoms with Gasteiger partial charge >= 0.3 is 0 Å². The molecule has 0 bridgehead atoms. The highest BCUT2D eigenvalue weighted by Gasteiger charge is 2.21. The van der Waals surface area contributed by atoms with Gasteiger partial charge in [0.1, 0.15) is 0 Å². The molecule has 1 aliphatic carbocycles. The van der Waals surface area contributed by atoms with E-state index in [9.17, 15) is 4.79 Å². The molecule has 2 atom stereocenters. The van der Waals surface area contributed by atoms with Gasteiger partial charge in [-0.25, -0.2) is 0 Å². The highest BCUT2D eigenvalue weighted by molar-refractivity contribution is 5.78. The first kappa shape index (κ1) is 14.5. The lowest BCUT2D eigenvalue weighted by atomic mass is 9.84. The Morgan fingerprint density at radius 2 is 2.24 bits per heavy atom. The molecule has 0 aromatic heterocycles. The fourth-order valence-electron chi connectivity index (χ4n) is 2.45. The Labute approximate surface area is 104 Å². The summed E-state index contributed by atoms with van der Waals surface area (Å²) < 4.78 is 4.91. The molecule has 2 N–H and O–H groups in total. The summed E-state index contributed by atoms with van der Waals surface area (Å²) in [5.74, 6) is 0.915. The van der Waals surface area contributed by atoms with E-state index in [1.54, 1.807) is 7.11 Å². The van der Waals surface area contributed by atoms with Gasteiger partial charge in [0.2, 0.25) is 5.91 Å². The number of carbonyl (C=O) groups excluding carboxylic acids is 1. The van der Waals surface area contributed by atoms with Gasteiger partial charge in [-0.15, -0.1) is 0 Å². The third kappa shape index (κ3) is 6.03. The van der Waals surface area contributed by atoms with Gasteiger partial charge in [-0.2, -0.15) is 0 Å². The van der Waals surface area contributed by atoms with Crippen molar-refractivity contribution in [1.82, 2.24) is 10.6 Å². The summed E-state index contributed by atoms with van der Waals surface area (Å²) in [4.78, 5) is 11.7. The van der Waals surface area contributed by atoms with Gasteiger partial charge in [-0.3, -0.25) is 4.79 Å². The molecule has 4 heteroatoms. The van der Waals surface area contributed by atoms with Gasteiger partial charge in [-0.05, 0) is 18.8 Å². The first-order valence-electron chi connectivity index (χ1n) is 6.75. The Hall–Kier alpha value is -0.610. The molecule has 1 fully saturated rings. The molecular weight excluding hydrogens is 216 g/mol. The zero-order valence-electron chi connectivity index (χ0n) is 11.1. The van der Waals surface area contributed by atoms with E-state index in [0.29, 0.717) is 19.2 Å². The van der Waals surface area contributed by atoms with Gasteiger partial charge in [0.25, 0.3) is 0 Å². The van der Waals surface area contributed by atoms with Crippen molar-refractivity contribution in [2.75, 3.05) is 26.8 Å². The normalized spacial score (nSPS) is 24.6. The molecule has 4 nitrogen and oxygen atoms in total. The molecule has 100 valence electrons. The Kier molecular flexibility index (Phi) is 7.21. The molecule has 1 saturated carbocycles. The summed E-state index contributed by atoms with van der Waals surface area (Å²) in [6, 6.07) is 0.394. The molecule has 1 aliphatic rings. The molecule has 1 rings (SSSR count). The average molecular weight is 242 g/mol. The molecule has 0 aromatic carbocycles. The van der Waals surface area contributed by atoms with Crippen molar-refractivity contribution in [3.63, 3.8) is 0 Å². The molecular formula is C13H26N2O2. The molecule has 0 heterocycles. The van der Waals surface area contributed by atoms with Crippen LogP contribution in [0.3, 0.4) is 0 Å². The van der Waals surface area contributed by atoms with Crippen molar-refractivity contribution in [1.29, 1.82) is 0 Å². The van der Waals surface area contributed by atoms with Crippen LogP contribution in [0, 0.1) is 5.92 Å². The second-order valence-electron chi connectivity index (χ2n) is 4.87. The van der Waals surface area contributed by atoms with Crippen LogP contribution in [0.4, 0.5) is 0 Å². The zero-order valence-corrected chi connectivity index (χ0v) is 11.1. The van der Waals surface area contributed by atoms with E-state index in [1.165, 1.54) is 19.3 Å². The number of hydrogen-bond donors (Lipinski definition) is 2. The third-order valence-electron chi connectivity index (χ3n) is 3.49. The zero-order chi connectivity index (χ0) is 12.5. The molecule has 1 amide bonds. The fraction of sp³-hybridized carbons (Fsp3) is 0.923. The molecule has 0 radical (unpaired) electrons. The van der Waals surface area contributed by atoms with Crippen LogP contribution in [0.1, 0.15) is 39.0 Å². The Balaban J connectivity index is 2.12. The third-order valence-corrected chi connectivity index (χ3v) is 3.49. The number of hydrogen-bond acceptors (Lipinski definition) is 3. The van der Waals surface area contributed by atoms with E-state index < -0.39 is 0 Å². The number of rotatable bonds is 7. The number of carbonyl (C=O) groups is 1. The molecule has 0 aromatic rings.